The monoisotopic (exact) mass is 477 g/mol. The molecule has 4 rings (SSSR count). The van der Waals surface area contributed by atoms with Crippen LogP contribution in [-0.4, -0.2) is 45.9 Å². The number of nitrogens with one attached hydrogen (secondary N) is 1. The highest BCUT2D eigenvalue weighted by Gasteiger charge is 2.42. The van der Waals surface area contributed by atoms with E-state index < -0.39 is 0 Å². The number of phenolic OH excluding ortho intramolecular Hbond substituents is 1. The molecule has 0 bridgehead atoms. The number of ether oxygens (including phenoxy) is 2. The van der Waals surface area contributed by atoms with Gasteiger partial charge in [0.2, 0.25) is 0 Å². The molecule has 35 heavy (non-hydrogen) atoms. The SMILES string of the molecule is CCCCN1C(=O)c2[nH]nc(-c3c(C)cc(C)cc3O)c2C1c1ccc(OCCC)c(OCC)c1. The third-order valence-electron chi connectivity index (χ3n) is 6.36. The van der Waals surface area contributed by atoms with Gasteiger partial charge in [0.05, 0.1) is 19.3 Å². The predicted molar refractivity (Wildman–Crippen MR) is 136 cm³/mol. The van der Waals surface area contributed by atoms with Gasteiger partial charge in [-0.3, -0.25) is 9.89 Å². The van der Waals surface area contributed by atoms with Crippen LogP contribution in [0.3, 0.4) is 0 Å². The van der Waals surface area contributed by atoms with Gasteiger partial charge in [0.1, 0.15) is 17.1 Å². The van der Waals surface area contributed by atoms with E-state index in [1.54, 1.807) is 6.07 Å². The maximum absolute atomic E-state index is 13.5. The second-order valence-corrected chi connectivity index (χ2v) is 9.08. The molecule has 0 spiro atoms. The van der Waals surface area contributed by atoms with E-state index in [4.69, 9.17) is 9.47 Å². The van der Waals surface area contributed by atoms with Crippen molar-refractivity contribution in [2.45, 2.75) is 59.9 Å². The van der Waals surface area contributed by atoms with Gasteiger partial charge in [-0.1, -0.05) is 32.4 Å². The van der Waals surface area contributed by atoms with Crippen LogP contribution < -0.4 is 9.47 Å². The summed E-state index contributed by atoms with van der Waals surface area (Å²) in [5, 5.41) is 18.4. The number of hydrogen-bond acceptors (Lipinski definition) is 5. The number of nitrogens with zero attached hydrogens (tertiary/aromatic N) is 2. The van der Waals surface area contributed by atoms with Gasteiger partial charge >= 0.3 is 0 Å². The zero-order valence-electron chi connectivity index (χ0n) is 21.3. The van der Waals surface area contributed by atoms with E-state index in [0.29, 0.717) is 48.2 Å². The third-order valence-corrected chi connectivity index (χ3v) is 6.36. The summed E-state index contributed by atoms with van der Waals surface area (Å²) in [6, 6.07) is 9.29. The number of unbranched alkanes of at least 4 members (excludes halogenated alkanes) is 1. The second-order valence-electron chi connectivity index (χ2n) is 9.08. The molecule has 1 unspecified atom stereocenters. The summed E-state index contributed by atoms with van der Waals surface area (Å²) in [5.74, 6) is 1.44. The Bertz CT molecular complexity index is 1190. The molecule has 1 aromatic heterocycles. The molecule has 0 saturated heterocycles. The van der Waals surface area contributed by atoms with Crippen LogP contribution in [0.1, 0.15) is 78.8 Å². The number of carbonyl (C=O) groups excluding carboxylic acids is 1. The van der Waals surface area contributed by atoms with Crippen LogP contribution in [0.4, 0.5) is 0 Å². The Hall–Kier alpha value is -3.48. The number of aromatic amines is 1. The van der Waals surface area contributed by atoms with Gasteiger partial charge < -0.3 is 19.5 Å². The van der Waals surface area contributed by atoms with Gasteiger partial charge in [0, 0.05) is 17.7 Å². The van der Waals surface area contributed by atoms with E-state index in [0.717, 1.165) is 41.5 Å². The molecule has 1 atom stereocenters. The molecule has 2 N–H and O–H groups in total. The first-order chi connectivity index (χ1) is 16.9. The lowest BCUT2D eigenvalue weighted by atomic mass is 9.93. The van der Waals surface area contributed by atoms with Gasteiger partial charge in [-0.05, 0) is 68.5 Å². The van der Waals surface area contributed by atoms with E-state index >= 15 is 0 Å². The van der Waals surface area contributed by atoms with Crippen molar-refractivity contribution in [3.05, 3.63) is 58.3 Å². The van der Waals surface area contributed by atoms with E-state index in [9.17, 15) is 9.90 Å². The van der Waals surface area contributed by atoms with Crippen LogP contribution in [0.25, 0.3) is 11.3 Å². The maximum Gasteiger partial charge on any atom is 0.273 e. The molecule has 3 aromatic rings. The van der Waals surface area contributed by atoms with Crippen molar-refractivity contribution < 1.29 is 19.4 Å². The molecule has 186 valence electrons. The Labute approximate surface area is 207 Å². The Balaban J connectivity index is 1.88. The fraction of sp³-hybridized carbons (Fsp3) is 0.429. The number of H-pyrrole nitrogens is 1. The summed E-state index contributed by atoms with van der Waals surface area (Å²) in [6.45, 7) is 11.8. The van der Waals surface area contributed by atoms with Gasteiger partial charge in [-0.15, -0.1) is 0 Å². The van der Waals surface area contributed by atoms with Gasteiger partial charge in [-0.2, -0.15) is 5.10 Å². The molecule has 2 aromatic carbocycles. The minimum Gasteiger partial charge on any atom is -0.507 e. The van der Waals surface area contributed by atoms with Crippen molar-refractivity contribution in [2.24, 2.45) is 0 Å². The average molecular weight is 478 g/mol. The Morgan fingerprint density at radius 1 is 1.06 bits per heavy atom. The van der Waals surface area contributed by atoms with Gasteiger partial charge in [0.15, 0.2) is 11.5 Å². The zero-order valence-corrected chi connectivity index (χ0v) is 21.3. The number of aryl methyl sites for hydroxylation is 2. The summed E-state index contributed by atoms with van der Waals surface area (Å²) in [4.78, 5) is 15.4. The molecule has 0 radical (unpaired) electrons. The number of benzene rings is 2. The van der Waals surface area contributed by atoms with Gasteiger partial charge in [-0.25, -0.2) is 0 Å². The molecule has 1 aliphatic rings. The molecule has 0 aliphatic carbocycles. The highest BCUT2D eigenvalue weighted by atomic mass is 16.5. The lowest BCUT2D eigenvalue weighted by Crippen LogP contribution is -2.30. The Morgan fingerprint density at radius 2 is 1.86 bits per heavy atom. The molecule has 7 heteroatoms. The normalized spacial score (nSPS) is 14.9. The second kappa shape index (κ2) is 10.4. The molecule has 0 saturated carbocycles. The Morgan fingerprint density at radius 3 is 2.54 bits per heavy atom. The first-order valence-corrected chi connectivity index (χ1v) is 12.5. The summed E-state index contributed by atoms with van der Waals surface area (Å²) in [7, 11) is 0. The average Bonchev–Trinajstić information content (AvgIpc) is 3.35. The van der Waals surface area contributed by atoms with E-state index in [-0.39, 0.29) is 17.7 Å². The first-order valence-electron chi connectivity index (χ1n) is 12.5. The van der Waals surface area contributed by atoms with Crippen molar-refractivity contribution in [1.82, 2.24) is 15.1 Å². The topological polar surface area (TPSA) is 87.7 Å². The molecular weight excluding hydrogens is 442 g/mol. The summed E-state index contributed by atoms with van der Waals surface area (Å²) < 4.78 is 11.8. The summed E-state index contributed by atoms with van der Waals surface area (Å²) in [5.41, 5.74) is 5.33. The van der Waals surface area contributed by atoms with Crippen LogP contribution in [0, 0.1) is 13.8 Å². The molecule has 1 amide bonds. The van der Waals surface area contributed by atoms with Crippen LogP contribution >= 0.6 is 0 Å². The van der Waals surface area contributed by atoms with Crippen molar-refractivity contribution >= 4 is 5.91 Å². The first kappa shape index (κ1) is 24.6. The maximum atomic E-state index is 13.5. The molecule has 1 aliphatic heterocycles. The fourth-order valence-corrected chi connectivity index (χ4v) is 4.84. The van der Waals surface area contributed by atoms with Crippen molar-refractivity contribution in [2.75, 3.05) is 19.8 Å². The highest BCUT2D eigenvalue weighted by Crippen LogP contribution is 2.47. The minimum absolute atomic E-state index is 0.0780. The van der Waals surface area contributed by atoms with Crippen LogP contribution in [-0.2, 0) is 0 Å². The molecular formula is C28H35N3O4. The number of aromatic nitrogens is 2. The van der Waals surface area contributed by atoms with Crippen molar-refractivity contribution in [3.63, 3.8) is 0 Å². The number of hydrogen-bond donors (Lipinski definition) is 2. The van der Waals surface area contributed by atoms with Crippen LogP contribution in [0.5, 0.6) is 17.2 Å². The van der Waals surface area contributed by atoms with E-state index in [1.165, 1.54) is 0 Å². The van der Waals surface area contributed by atoms with Crippen molar-refractivity contribution in [1.29, 1.82) is 0 Å². The van der Waals surface area contributed by atoms with E-state index in [1.807, 2.05) is 49.9 Å². The van der Waals surface area contributed by atoms with Crippen LogP contribution in [0.15, 0.2) is 30.3 Å². The van der Waals surface area contributed by atoms with Gasteiger partial charge in [0.25, 0.3) is 5.91 Å². The molecule has 7 nitrogen and oxygen atoms in total. The number of carbonyl (C=O) groups is 1. The minimum atomic E-state index is -0.350. The predicted octanol–water partition coefficient (Wildman–Crippen LogP) is 5.93. The summed E-state index contributed by atoms with van der Waals surface area (Å²) in [6.07, 6.45) is 2.76. The van der Waals surface area contributed by atoms with E-state index in [2.05, 4.69) is 24.0 Å². The molecule has 2 heterocycles. The number of fused-ring (bicyclic) bond motifs is 1. The lowest BCUT2D eigenvalue weighted by Gasteiger charge is -2.27. The largest absolute Gasteiger partial charge is 0.507 e. The quantitative estimate of drug-likeness (QED) is 0.378. The third kappa shape index (κ3) is 4.59. The number of amides is 1. The Kier molecular flexibility index (Phi) is 7.34. The van der Waals surface area contributed by atoms with Crippen molar-refractivity contribution in [3.8, 4) is 28.5 Å². The molecule has 0 fully saturated rings. The number of phenols is 1. The number of aromatic hydroxyl groups is 1. The lowest BCUT2D eigenvalue weighted by molar-refractivity contribution is 0.0741. The van der Waals surface area contributed by atoms with Crippen LogP contribution in [0.2, 0.25) is 0 Å². The smallest absolute Gasteiger partial charge is 0.273 e. The fourth-order valence-electron chi connectivity index (χ4n) is 4.84. The highest BCUT2D eigenvalue weighted by molar-refractivity contribution is 6.00. The zero-order chi connectivity index (χ0) is 25.1. The standard InChI is InChI=1S/C28H35N3O4/c1-6-9-12-31-27(19-10-11-21(35-13-7-2)22(16-19)34-8-3)24-25(29-30-26(24)28(31)33)23-18(5)14-17(4)15-20(23)32/h10-11,14-16,27,32H,6-9,12-13H2,1-5H3,(H,29,30). The summed E-state index contributed by atoms with van der Waals surface area (Å²) >= 11 is 0. The number of rotatable bonds is 10.